The molecule has 0 amide bonds. The number of carboxylic acid groups (broad SMARTS) is 1. The highest BCUT2D eigenvalue weighted by Gasteiger charge is 2.11. The van der Waals surface area contributed by atoms with Crippen molar-refractivity contribution in [2.75, 3.05) is 13.2 Å². The van der Waals surface area contributed by atoms with Gasteiger partial charge in [0.05, 0.1) is 6.61 Å². The van der Waals surface area contributed by atoms with E-state index >= 15 is 0 Å². The third-order valence-corrected chi connectivity index (χ3v) is 3.57. The van der Waals surface area contributed by atoms with Crippen LogP contribution in [-0.2, 0) is 4.79 Å². The minimum absolute atomic E-state index is 0.172. The average molecular weight is 368 g/mol. The number of aliphatic carboxylic acids is 1. The number of carboxylic acids is 1. The van der Waals surface area contributed by atoms with Gasteiger partial charge in [0.2, 0.25) is 5.76 Å². The summed E-state index contributed by atoms with van der Waals surface area (Å²) in [6.45, 7) is 6.76. The first-order valence-electron chi connectivity index (χ1n) is 8.82. The monoisotopic (exact) mass is 368 g/mol. The van der Waals surface area contributed by atoms with Gasteiger partial charge in [-0.1, -0.05) is 38.1 Å². The smallest absolute Gasteiger partial charge is 0.371 e. The predicted octanol–water partition coefficient (Wildman–Crippen LogP) is 4.93. The molecule has 5 heteroatoms. The van der Waals surface area contributed by atoms with Crippen LogP contribution in [-0.4, -0.2) is 24.3 Å². The van der Waals surface area contributed by atoms with Gasteiger partial charge >= 0.3 is 5.97 Å². The molecule has 0 bridgehead atoms. The Balaban J connectivity index is 2.05. The van der Waals surface area contributed by atoms with E-state index in [2.05, 4.69) is 13.5 Å². The van der Waals surface area contributed by atoms with E-state index in [1.807, 2.05) is 0 Å². The summed E-state index contributed by atoms with van der Waals surface area (Å²) in [7, 11) is 0. The Morgan fingerprint density at radius 3 is 2.19 bits per heavy atom. The van der Waals surface area contributed by atoms with Crippen molar-refractivity contribution in [3.63, 3.8) is 0 Å². The van der Waals surface area contributed by atoms with Crippen LogP contribution < -0.4 is 14.2 Å². The molecule has 0 spiro atoms. The van der Waals surface area contributed by atoms with E-state index in [4.69, 9.17) is 14.2 Å². The molecule has 0 fully saturated rings. The van der Waals surface area contributed by atoms with E-state index in [1.165, 1.54) is 6.08 Å². The highest BCUT2D eigenvalue weighted by atomic mass is 16.5. The summed E-state index contributed by atoms with van der Waals surface area (Å²) in [6, 6.07) is 13.9. The van der Waals surface area contributed by atoms with Gasteiger partial charge in [-0.3, -0.25) is 0 Å². The van der Waals surface area contributed by atoms with Crippen LogP contribution in [0, 0.1) is 0 Å². The van der Waals surface area contributed by atoms with E-state index in [0.717, 1.165) is 18.6 Å². The van der Waals surface area contributed by atoms with Crippen LogP contribution in [0.4, 0.5) is 0 Å². The van der Waals surface area contributed by atoms with Crippen LogP contribution in [0.1, 0.15) is 25.3 Å². The van der Waals surface area contributed by atoms with Gasteiger partial charge in [0.15, 0.2) is 0 Å². The second kappa shape index (κ2) is 10.7. The zero-order chi connectivity index (χ0) is 19.5. The number of carbonyl (C=O) groups is 1. The molecule has 0 aliphatic heterocycles. The van der Waals surface area contributed by atoms with Crippen LogP contribution in [0.3, 0.4) is 0 Å². The fourth-order valence-electron chi connectivity index (χ4n) is 2.17. The minimum Gasteiger partial charge on any atom is -0.494 e. The fourth-order valence-corrected chi connectivity index (χ4v) is 2.17. The Bertz CT molecular complexity index is 760. The summed E-state index contributed by atoms with van der Waals surface area (Å²) in [4.78, 5) is 11.5. The molecule has 2 aromatic carbocycles. The van der Waals surface area contributed by atoms with Gasteiger partial charge in [-0.05, 0) is 54.5 Å². The molecule has 0 aliphatic carbocycles. The van der Waals surface area contributed by atoms with Crippen LogP contribution in [0.5, 0.6) is 17.2 Å². The van der Waals surface area contributed by atoms with Crippen molar-refractivity contribution in [1.29, 1.82) is 0 Å². The van der Waals surface area contributed by atoms with Crippen molar-refractivity contribution in [3.05, 3.63) is 72.5 Å². The molecular weight excluding hydrogens is 344 g/mol. The first-order chi connectivity index (χ1) is 13.1. The van der Waals surface area contributed by atoms with E-state index in [-0.39, 0.29) is 5.76 Å². The standard InChI is InChI=1S/C22H24O5/c1-3-5-15-26-19-10-12-20(13-11-19)27-21(22(23)24)16-17-6-8-18(9-7-17)25-14-4-2/h4,6-13,16H,2-3,5,14-15H2,1H3,(H,23,24). The molecule has 1 N–H and O–H groups in total. The molecule has 0 saturated heterocycles. The average Bonchev–Trinajstić information content (AvgIpc) is 2.68. The topological polar surface area (TPSA) is 65.0 Å². The summed E-state index contributed by atoms with van der Waals surface area (Å²) < 4.78 is 16.5. The Morgan fingerprint density at radius 2 is 1.59 bits per heavy atom. The maximum absolute atomic E-state index is 11.5. The Kier molecular flexibility index (Phi) is 7.97. The molecule has 0 heterocycles. The van der Waals surface area contributed by atoms with E-state index < -0.39 is 5.97 Å². The molecule has 5 nitrogen and oxygen atoms in total. The summed E-state index contributed by atoms with van der Waals surface area (Å²) in [5.41, 5.74) is 0.692. The lowest BCUT2D eigenvalue weighted by Crippen LogP contribution is -2.07. The Morgan fingerprint density at radius 1 is 1.00 bits per heavy atom. The van der Waals surface area contributed by atoms with Gasteiger partial charge in [0.25, 0.3) is 0 Å². The van der Waals surface area contributed by atoms with Crippen LogP contribution in [0.25, 0.3) is 6.08 Å². The second-order valence-corrected chi connectivity index (χ2v) is 5.76. The van der Waals surface area contributed by atoms with Gasteiger partial charge in [-0.25, -0.2) is 4.79 Å². The van der Waals surface area contributed by atoms with Crippen molar-refractivity contribution >= 4 is 12.0 Å². The zero-order valence-corrected chi connectivity index (χ0v) is 15.4. The number of ether oxygens (including phenoxy) is 3. The molecule has 2 aromatic rings. The maximum atomic E-state index is 11.5. The molecule has 0 unspecified atom stereocenters. The van der Waals surface area contributed by atoms with E-state index in [9.17, 15) is 9.90 Å². The molecule has 27 heavy (non-hydrogen) atoms. The molecule has 142 valence electrons. The summed E-state index contributed by atoms with van der Waals surface area (Å²) in [6.07, 6.45) is 5.17. The first-order valence-corrected chi connectivity index (χ1v) is 8.82. The summed E-state index contributed by atoms with van der Waals surface area (Å²) >= 11 is 0. The second-order valence-electron chi connectivity index (χ2n) is 5.76. The van der Waals surface area contributed by atoms with Gasteiger partial charge in [-0.2, -0.15) is 0 Å². The van der Waals surface area contributed by atoms with Gasteiger partial charge in [-0.15, -0.1) is 0 Å². The largest absolute Gasteiger partial charge is 0.494 e. The maximum Gasteiger partial charge on any atom is 0.371 e. The lowest BCUT2D eigenvalue weighted by atomic mass is 10.2. The number of unbranched alkanes of at least 4 members (excludes halogenated alkanes) is 1. The van der Waals surface area contributed by atoms with Crippen molar-refractivity contribution in [3.8, 4) is 17.2 Å². The van der Waals surface area contributed by atoms with Crippen molar-refractivity contribution in [2.24, 2.45) is 0 Å². The Hall–Kier alpha value is -3.21. The first kappa shape index (κ1) is 20.1. The quantitative estimate of drug-likeness (QED) is 0.263. The van der Waals surface area contributed by atoms with E-state index in [1.54, 1.807) is 54.6 Å². The van der Waals surface area contributed by atoms with Crippen molar-refractivity contribution in [1.82, 2.24) is 0 Å². The van der Waals surface area contributed by atoms with Crippen molar-refractivity contribution in [2.45, 2.75) is 19.8 Å². The van der Waals surface area contributed by atoms with Crippen LogP contribution >= 0.6 is 0 Å². The summed E-state index contributed by atoms with van der Waals surface area (Å²) in [5, 5.41) is 9.41. The normalized spacial score (nSPS) is 10.9. The van der Waals surface area contributed by atoms with Crippen LogP contribution in [0.2, 0.25) is 0 Å². The number of hydrogen-bond acceptors (Lipinski definition) is 4. The van der Waals surface area contributed by atoms with Crippen molar-refractivity contribution < 1.29 is 24.1 Å². The van der Waals surface area contributed by atoms with Gasteiger partial charge in [0, 0.05) is 0 Å². The summed E-state index contributed by atoms with van der Waals surface area (Å²) in [5.74, 6) is 0.521. The predicted molar refractivity (Wildman–Crippen MR) is 105 cm³/mol. The number of hydrogen-bond donors (Lipinski definition) is 1. The molecule has 0 radical (unpaired) electrons. The molecular formula is C22H24O5. The molecule has 0 aromatic heterocycles. The fraction of sp³-hybridized carbons (Fsp3) is 0.227. The SMILES string of the molecule is C=CCOc1ccc(C=C(Oc2ccc(OCCCC)cc2)C(=O)O)cc1. The third-order valence-electron chi connectivity index (χ3n) is 3.57. The van der Waals surface area contributed by atoms with E-state index in [0.29, 0.717) is 30.3 Å². The highest BCUT2D eigenvalue weighted by molar-refractivity contribution is 5.90. The minimum atomic E-state index is -1.15. The third kappa shape index (κ3) is 6.90. The zero-order valence-electron chi connectivity index (χ0n) is 15.4. The molecule has 2 rings (SSSR count). The highest BCUT2D eigenvalue weighted by Crippen LogP contribution is 2.21. The van der Waals surface area contributed by atoms with Gasteiger partial charge in [0.1, 0.15) is 23.9 Å². The van der Waals surface area contributed by atoms with Crippen LogP contribution in [0.15, 0.2) is 66.9 Å². The van der Waals surface area contributed by atoms with Gasteiger partial charge < -0.3 is 19.3 Å². The lowest BCUT2D eigenvalue weighted by Gasteiger charge is -2.09. The lowest BCUT2D eigenvalue weighted by molar-refractivity contribution is -0.134. The Labute approximate surface area is 159 Å². The molecule has 0 aliphatic rings. The number of benzene rings is 2. The number of rotatable bonds is 11. The molecule has 0 saturated carbocycles. The molecule has 0 atom stereocenters.